The third-order valence-electron chi connectivity index (χ3n) is 3.10. The molecule has 6 heteroatoms. The fraction of sp³-hybridized carbons (Fsp3) is 0.133. The highest BCUT2D eigenvalue weighted by Gasteiger charge is 2.09. The van der Waals surface area contributed by atoms with Crippen LogP contribution in [0.1, 0.15) is 5.56 Å². The Kier molecular flexibility index (Phi) is 3.62. The molecule has 0 radical (unpaired) electrons. The molecule has 0 saturated carbocycles. The molecule has 1 aromatic carbocycles. The Hall–Kier alpha value is -2.34. The van der Waals surface area contributed by atoms with E-state index in [4.69, 9.17) is 5.11 Å². The van der Waals surface area contributed by atoms with E-state index in [1.807, 2.05) is 41.9 Å². The zero-order chi connectivity index (χ0) is 14.8. The van der Waals surface area contributed by atoms with Gasteiger partial charge in [-0.2, -0.15) is 0 Å². The maximum atomic E-state index is 10.7. The molecular formula is C15H13N3O2S. The zero-order valence-corrected chi connectivity index (χ0v) is 12.2. The van der Waals surface area contributed by atoms with Crippen LogP contribution >= 0.6 is 11.8 Å². The van der Waals surface area contributed by atoms with Crippen LogP contribution in [0.15, 0.2) is 52.8 Å². The molecule has 3 aromatic rings. The molecule has 2 heterocycles. The van der Waals surface area contributed by atoms with Gasteiger partial charge in [-0.15, -0.1) is 0 Å². The first-order chi connectivity index (χ1) is 10.1. The molecule has 0 atom stereocenters. The topological polar surface area (TPSA) is 68.0 Å². The molecular weight excluding hydrogens is 286 g/mol. The summed E-state index contributed by atoms with van der Waals surface area (Å²) in [5, 5.41) is 9.61. The first kappa shape index (κ1) is 13.6. The maximum absolute atomic E-state index is 10.7. The van der Waals surface area contributed by atoms with Crippen molar-refractivity contribution in [2.45, 2.75) is 16.3 Å². The summed E-state index contributed by atoms with van der Waals surface area (Å²) in [7, 11) is 1.95. The highest BCUT2D eigenvalue weighted by atomic mass is 32.2. The number of carbonyl (C=O) groups is 1. The Morgan fingerprint density at radius 1 is 1.24 bits per heavy atom. The van der Waals surface area contributed by atoms with E-state index in [2.05, 4.69) is 9.97 Å². The van der Waals surface area contributed by atoms with Crippen molar-refractivity contribution in [2.24, 2.45) is 7.05 Å². The standard InChI is InChI=1S/C15H13N3O2S/c1-18-9-17-14-12(18)6-7-16-15(14)21-11-4-2-10(3-5-11)8-13(19)20/h2-7,9H,8H2,1H3,(H,19,20). The molecule has 0 spiro atoms. The van der Waals surface area contributed by atoms with Crippen molar-refractivity contribution < 1.29 is 9.90 Å². The lowest BCUT2D eigenvalue weighted by Gasteiger charge is -2.03. The number of hydrogen-bond acceptors (Lipinski definition) is 4. The van der Waals surface area contributed by atoms with Gasteiger partial charge >= 0.3 is 5.97 Å². The quantitative estimate of drug-likeness (QED) is 0.802. The van der Waals surface area contributed by atoms with Crippen LogP contribution in [0.3, 0.4) is 0 Å². The summed E-state index contributed by atoms with van der Waals surface area (Å²) in [4.78, 5) is 20.4. The number of carboxylic acids is 1. The number of rotatable bonds is 4. The summed E-state index contributed by atoms with van der Waals surface area (Å²) in [6, 6.07) is 9.41. The number of nitrogens with zero attached hydrogens (tertiary/aromatic N) is 3. The smallest absolute Gasteiger partial charge is 0.307 e. The molecule has 0 aliphatic carbocycles. The largest absolute Gasteiger partial charge is 0.481 e. The predicted molar refractivity (Wildman–Crippen MR) is 80.4 cm³/mol. The minimum Gasteiger partial charge on any atom is -0.481 e. The minimum absolute atomic E-state index is 0.0407. The van der Waals surface area contributed by atoms with Gasteiger partial charge in [0.2, 0.25) is 0 Å². The fourth-order valence-corrected chi connectivity index (χ4v) is 2.94. The third kappa shape index (κ3) is 2.90. The van der Waals surface area contributed by atoms with Gasteiger partial charge in [0, 0.05) is 18.1 Å². The second-order valence-electron chi connectivity index (χ2n) is 4.66. The Labute approximate surface area is 125 Å². The Bertz CT molecular complexity index is 796. The number of imidazole rings is 1. The molecule has 1 N–H and O–H groups in total. The lowest BCUT2D eigenvalue weighted by atomic mass is 10.2. The molecule has 5 nitrogen and oxygen atoms in total. The Morgan fingerprint density at radius 3 is 2.71 bits per heavy atom. The number of benzene rings is 1. The predicted octanol–water partition coefficient (Wildman–Crippen LogP) is 2.75. The lowest BCUT2D eigenvalue weighted by Crippen LogP contribution is -1.99. The van der Waals surface area contributed by atoms with Crippen LogP contribution in [-0.2, 0) is 18.3 Å². The second kappa shape index (κ2) is 5.57. The molecule has 0 bridgehead atoms. The van der Waals surface area contributed by atoms with E-state index in [1.165, 1.54) is 11.8 Å². The van der Waals surface area contributed by atoms with Gasteiger partial charge in [-0.1, -0.05) is 23.9 Å². The first-order valence-corrected chi connectivity index (χ1v) is 7.20. The van der Waals surface area contributed by atoms with Crippen molar-refractivity contribution >= 4 is 28.8 Å². The van der Waals surface area contributed by atoms with E-state index in [-0.39, 0.29) is 6.42 Å². The van der Waals surface area contributed by atoms with E-state index in [9.17, 15) is 4.79 Å². The highest BCUT2D eigenvalue weighted by molar-refractivity contribution is 7.99. The van der Waals surface area contributed by atoms with Crippen molar-refractivity contribution in [3.8, 4) is 0 Å². The highest BCUT2D eigenvalue weighted by Crippen LogP contribution is 2.30. The molecule has 106 valence electrons. The average molecular weight is 299 g/mol. The molecule has 0 aliphatic heterocycles. The maximum Gasteiger partial charge on any atom is 0.307 e. The molecule has 0 amide bonds. The van der Waals surface area contributed by atoms with Gasteiger partial charge in [0.25, 0.3) is 0 Å². The van der Waals surface area contributed by atoms with Crippen LogP contribution in [-0.4, -0.2) is 25.6 Å². The molecule has 0 fully saturated rings. The van der Waals surface area contributed by atoms with Crippen LogP contribution < -0.4 is 0 Å². The van der Waals surface area contributed by atoms with Crippen LogP contribution in [0, 0.1) is 0 Å². The average Bonchev–Trinajstić information content (AvgIpc) is 2.83. The normalized spacial score (nSPS) is 10.9. The number of aliphatic carboxylic acids is 1. The van der Waals surface area contributed by atoms with E-state index < -0.39 is 5.97 Å². The number of aryl methyl sites for hydroxylation is 1. The summed E-state index contributed by atoms with van der Waals surface area (Å²) in [6.45, 7) is 0. The second-order valence-corrected chi connectivity index (χ2v) is 5.72. The summed E-state index contributed by atoms with van der Waals surface area (Å²) in [6.07, 6.45) is 3.58. The Morgan fingerprint density at radius 2 is 2.00 bits per heavy atom. The van der Waals surface area contributed by atoms with E-state index in [0.717, 1.165) is 26.5 Å². The van der Waals surface area contributed by atoms with Crippen LogP contribution in [0.2, 0.25) is 0 Å². The van der Waals surface area contributed by atoms with Gasteiger partial charge < -0.3 is 9.67 Å². The Balaban J connectivity index is 1.86. The molecule has 2 aromatic heterocycles. The van der Waals surface area contributed by atoms with Crippen molar-refractivity contribution in [2.75, 3.05) is 0 Å². The third-order valence-corrected chi connectivity index (χ3v) is 4.10. The SMILES string of the molecule is Cn1cnc2c(Sc3ccc(CC(=O)O)cc3)nccc21. The van der Waals surface area contributed by atoms with Gasteiger partial charge in [-0.05, 0) is 23.8 Å². The van der Waals surface area contributed by atoms with Crippen molar-refractivity contribution in [3.05, 3.63) is 48.4 Å². The van der Waals surface area contributed by atoms with Crippen molar-refractivity contribution in [1.82, 2.24) is 14.5 Å². The van der Waals surface area contributed by atoms with Crippen LogP contribution in [0.4, 0.5) is 0 Å². The fourth-order valence-electron chi connectivity index (χ4n) is 2.07. The van der Waals surface area contributed by atoms with Gasteiger partial charge in [-0.3, -0.25) is 4.79 Å². The summed E-state index contributed by atoms with van der Waals surface area (Å²) < 4.78 is 1.96. The zero-order valence-electron chi connectivity index (χ0n) is 11.4. The van der Waals surface area contributed by atoms with Gasteiger partial charge in [0.15, 0.2) is 0 Å². The van der Waals surface area contributed by atoms with E-state index >= 15 is 0 Å². The number of hydrogen-bond donors (Lipinski definition) is 1. The summed E-state index contributed by atoms with van der Waals surface area (Å²) in [5.41, 5.74) is 2.70. The van der Waals surface area contributed by atoms with E-state index in [0.29, 0.717) is 0 Å². The summed E-state index contributed by atoms with van der Waals surface area (Å²) in [5.74, 6) is -0.824. The molecule has 0 unspecified atom stereocenters. The van der Waals surface area contributed by atoms with Crippen molar-refractivity contribution in [1.29, 1.82) is 0 Å². The summed E-state index contributed by atoms with van der Waals surface area (Å²) >= 11 is 1.52. The molecule has 0 aliphatic rings. The molecule has 21 heavy (non-hydrogen) atoms. The lowest BCUT2D eigenvalue weighted by molar-refractivity contribution is -0.136. The number of aromatic nitrogens is 3. The monoisotopic (exact) mass is 299 g/mol. The van der Waals surface area contributed by atoms with Crippen LogP contribution in [0.5, 0.6) is 0 Å². The molecule has 3 rings (SSSR count). The number of fused-ring (bicyclic) bond motifs is 1. The number of carboxylic acid groups (broad SMARTS) is 1. The van der Waals surface area contributed by atoms with Gasteiger partial charge in [-0.25, -0.2) is 9.97 Å². The van der Waals surface area contributed by atoms with Gasteiger partial charge in [0.1, 0.15) is 10.5 Å². The van der Waals surface area contributed by atoms with E-state index in [1.54, 1.807) is 12.5 Å². The van der Waals surface area contributed by atoms with Gasteiger partial charge in [0.05, 0.1) is 18.3 Å². The number of pyridine rings is 1. The minimum atomic E-state index is -0.824. The molecule has 0 saturated heterocycles. The van der Waals surface area contributed by atoms with Crippen molar-refractivity contribution in [3.63, 3.8) is 0 Å². The first-order valence-electron chi connectivity index (χ1n) is 6.38. The van der Waals surface area contributed by atoms with Crippen LogP contribution in [0.25, 0.3) is 11.0 Å².